The number of anilines is 2. The summed E-state index contributed by atoms with van der Waals surface area (Å²) in [6.07, 6.45) is 1.48. The molecule has 3 rings (SSSR count). The lowest BCUT2D eigenvalue weighted by molar-refractivity contribution is 0.426. The van der Waals surface area contributed by atoms with Crippen LogP contribution in [0.2, 0.25) is 0 Å². The molecule has 22 heavy (non-hydrogen) atoms. The fraction of sp³-hybridized carbons (Fsp3) is 0.0667. The fourth-order valence-corrected chi connectivity index (χ4v) is 2.24. The second kappa shape index (κ2) is 6.01. The van der Waals surface area contributed by atoms with E-state index >= 15 is 0 Å². The van der Waals surface area contributed by atoms with E-state index in [1.807, 2.05) is 24.3 Å². The number of rotatable bonds is 4. The number of nitrogens with two attached hydrogens (primary N) is 1. The van der Waals surface area contributed by atoms with Crippen LogP contribution in [0.5, 0.6) is 0 Å². The SMILES string of the molecule is Nc1cccc2c(NCc3ccc(B(O)O)cc3)ncnc12. The summed E-state index contributed by atoms with van der Waals surface area (Å²) in [7, 11) is -1.45. The Morgan fingerprint density at radius 1 is 1.05 bits per heavy atom. The molecule has 0 fully saturated rings. The van der Waals surface area contributed by atoms with Gasteiger partial charge < -0.3 is 21.1 Å². The van der Waals surface area contributed by atoms with Gasteiger partial charge in [0.05, 0.1) is 11.2 Å². The first-order valence-electron chi connectivity index (χ1n) is 6.83. The maximum Gasteiger partial charge on any atom is 0.488 e. The predicted molar refractivity (Wildman–Crippen MR) is 87.5 cm³/mol. The summed E-state index contributed by atoms with van der Waals surface area (Å²) < 4.78 is 0. The summed E-state index contributed by atoms with van der Waals surface area (Å²) in [6.45, 7) is 0.558. The van der Waals surface area contributed by atoms with Crippen LogP contribution in [0.4, 0.5) is 11.5 Å². The third-order valence-corrected chi connectivity index (χ3v) is 3.43. The van der Waals surface area contributed by atoms with Crippen molar-refractivity contribution in [3.63, 3.8) is 0 Å². The zero-order valence-corrected chi connectivity index (χ0v) is 11.8. The summed E-state index contributed by atoms with van der Waals surface area (Å²) in [5.74, 6) is 0.712. The third-order valence-electron chi connectivity index (χ3n) is 3.43. The highest BCUT2D eigenvalue weighted by molar-refractivity contribution is 6.58. The van der Waals surface area contributed by atoms with Crippen LogP contribution in [-0.4, -0.2) is 27.1 Å². The Balaban J connectivity index is 1.81. The van der Waals surface area contributed by atoms with Gasteiger partial charge in [0.15, 0.2) is 0 Å². The molecule has 0 atom stereocenters. The Morgan fingerprint density at radius 2 is 1.82 bits per heavy atom. The normalized spacial score (nSPS) is 10.6. The molecule has 6 nitrogen and oxygen atoms in total. The van der Waals surface area contributed by atoms with Gasteiger partial charge in [-0.1, -0.05) is 30.3 Å². The Kier molecular flexibility index (Phi) is 3.91. The van der Waals surface area contributed by atoms with Crippen LogP contribution in [0.1, 0.15) is 5.56 Å². The molecule has 2 aromatic carbocycles. The van der Waals surface area contributed by atoms with Crippen LogP contribution in [0.15, 0.2) is 48.8 Å². The van der Waals surface area contributed by atoms with Gasteiger partial charge in [-0.25, -0.2) is 9.97 Å². The van der Waals surface area contributed by atoms with Crippen LogP contribution in [0.25, 0.3) is 10.9 Å². The molecule has 0 amide bonds. The van der Waals surface area contributed by atoms with Crippen molar-refractivity contribution in [1.29, 1.82) is 0 Å². The molecule has 0 saturated carbocycles. The molecule has 0 saturated heterocycles. The van der Waals surface area contributed by atoms with Gasteiger partial charge >= 0.3 is 7.12 Å². The smallest absolute Gasteiger partial charge is 0.423 e. The quantitative estimate of drug-likeness (QED) is 0.413. The summed E-state index contributed by atoms with van der Waals surface area (Å²) in [4.78, 5) is 8.45. The maximum atomic E-state index is 9.08. The highest BCUT2D eigenvalue weighted by atomic mass is 16.4. The minimum atomic E-state index is -1.45. The number of hydrogen-bond acceptors (Lipinski definition) is 6. The second-order valence-electron chi connectivity index (χ2n) is 4.93. The van der Waals surface area contributed by atoms with Gasteiger partial charge in [-0.15, -0.1) is 0 Å². The largest absolute Gasteiger partial charge is 0.488 e. The van der Waals surface area contributed by atoms with Crippen LogP contribution in [0, 0.1) is 0 Å². The van der Waals surface area contributed by atoms with Crippen LogP contribution in [-0.2, 0) is 6.54 Å². The molecule has 1 heterocycles. The lowest BCUT2D eigenvalue weighted by Gasteiger charge is -2.09. The van der Waals surface area contributed by atoms with Crippen molar-refractivity contribution in [3.05, 3.63) is 54.4 Å². The average Bonchev–Trinajstić information content (AvgIpc) is 2.54. The second-order valence-corrected chi connectivity index (χ2v) is 4.93. The van der Waals surface area contributed by atoms with Gasteiger partial charge in [0.2, 0.25) is 0 Å². The molecule has 7 heteroatoms. The van der Waals surface area contributed by atoms with Crippen molar-refractivity contribution >= 4 is 35.0 Å². The fourth-order valence-electron chi connectivity index (χ4n) is 2.24. The van der Waals surface area contributed by atoms with Gasteiger partial charge in [-0.3, -0.25) is 0 Å². The molecule has 0 aliphatic heterocycles. The van der Waals surface area contributed by atoms with Crippen molar-refractivity contribution in [3.8, 4) is 0 Å². The van der Waals surface area contributed by atoms with Gasteiger partial charge in [0.1, 0.15) is 12.1 Å². The summed E-state index contributed by atoms with van der Waals surface area (Å²) in [5.41, 5.74) is 8.71. The number of nitrogens with zero attached hydrogens (tertiary/aromatic N) is 2. The summed E-state index contributed by atoms with van der Waals surface area (Å²) in [6, 6.07) is 12.6. The lowest BCUT2D eigenvalue weighted by Crippen LogP contribution is -2.29. The minimum Gasteiger partial charge on any atom is -0.423 e. The monoisotopic (exact) mass is 294 g/mol. The third kappa shape index (κ3) is 2.85. The first kappa shape index (κ1) is 14.3. The Labute approximate surface area is 127 Å². The molecular formula is C15H15BN4O2. The number of para-hydroxylation sites is 1. The van der Waals surface area contributed by atoms with Crippen molar-refractivity contribution in [1.82, 2.24) is 9.97 Å². The molecular weight excluding hydrogens is 279 g/mol. The Morgan fingerprint density at radius 3 is 2.55 bits per heavy atom. The maximum absolute atomic E-state index is 9.08. The molecule has 0 aliphatic carbocycles. The van der Waals surface area contributed by atoms with E-state index in [2.05, 4.69) is 15.3 Å². The number of nitrogens with one attached hydrogen (secondary N) is 1. The van der Waals surface area contributed by atoms with E-state index in [1.54, 1.807) is 18.2 Å². The summed E-state index contributed by atoms with van der Waals surface area (Å²) in [5, 5.41) is 22.3. The van der Waals surface area contributed by atoms with Crippen LogP contribution in [0.3, 0.4) is 0 Å². The molecule has 0 radical (unpaired) electrons. The Hall–Kier alpha value is -2.64. The van der Waals surface area contributed by atoms with E-state index in [1.165, 1.54) is 6.33 Å². The van der Waals surface area contributed by atoms with Crippen molar-refractivity contribution < 1.29 is 10.0 Å². The highest BCUT2D eigenvalue weighted by Gasteiger charge is 2.10. The number of fused-ring (bicyclic) bond motifs is 1. The standard InChI is InChI=1S/C15H15BN4O2/c17-13-3-1-2-12-14(13)19-9-20-15(12)18-8-10-4-6-11(7-5-10)16(21)22/h1-7,9,21-22H,8,17H2,(H,18,19,20). The molecule has 110 valence electrons. The molecule has 5 N–H and O–H groups in total. The van der Waals surface area contributed by atoms with Crippen LogP contribution < -0.4 is 16.5 Å². The van der Waals surface area contributed by atoms with Crippen LogP contribution >= 0.6 is 0 Å². The van der Waals surface area contributed by atoms with E-state index in [9.17, 15) is 0 Å². The molecule has 0 spiro atoms. The van der Waals surface area contributed by atoms with E-state index in [0.29, 0.717) is 23.5 Å². The van der Waals surface area contributed by atoms with Gasteiger partial charge in [-0.05, 0) is 23.2 Å². The number of hydrogen-bond donors (Lipinski definition) is 4. The zero-order valence-electron chi connectivity index (χ0n) is 11.8. The molecule has 0 bridgehead atoms. The van der Waals surface area contributed by atoms with Crippen molar-refractivity contribution in [2.75, 3.05) is 11.1 Å². The van der Waals surface area contributed by atoms with Gasteiger partial charge in [0, 0.05) is 11.9 Å². The average molecular weight is 294 g/mol. The molecule has 3 aromatic rings. The van der Waals surface area contributed by atoms with Gasteiger partial charge in [-0.2, -0.15) is 0 Å². The molecule has 1 aromatic heterocycles. The zero-order chi connectivity index (χ0) is 15.5. The van der Waals surface area contributed by atoms with E-state index in [0.717, 1.165) is 16.5 Å². The number of benzene rings is 2. The van der Waals surface area contributed by atoms with Crippen molar-refractivity contribution in [2.45, 2.75) is 6.54 Å². The predicted octanol–water partition coefficient (Wildman–Crippen LogP) is 0.504. The first-order valence-corrected chi connectivity index (χ1v) is 6.83. The number of nitrogen functional groups attached to an aromatic ring is 1. The lowest BCUT2D eigenvalue weighted by atomic mass is 9.80. The topological polar surface area (TPSA) is 104 Å². The van der Waals surface area contributed by atoms with Crippen molar-refractivity contribution in [2.24, 2.45) is 0 Å². The first-order chi connectivity index (χ1) is 10.6. The molecule has 0 unspecified atom stereocenters. The van der Waals surface area contributed by atoms with E-state index < -0.39 is 7.12 Å². The van der Waals surface area contributed by atoms with E-state index in [4.69, 9.17) is 15.8 Å². The molecule has 0 aliphatic rings. The number of aromatic nitrogens is 2. The Bertz CT molecular complexity index is 793. The highest BCUT2D eigenvalue weighted by Crippen LogP contribution is 2.23. The van der Waals surface area contributed by atoms with E-state index in [-0.39, 0.29) is 0 Å². The van der Waals surface area contributed by atoms with Gasteiger partial charge in [0.25, 0.3) is 0 Å². The summed E-state index contributed by atoms with van der Waals surface area (Å²) >= 11 is 0. The minimum absolute atomic E-state index is 0.462.